The molecule has 0 saturated heterocycles. The molecule has 0 aliphatic heterocycles. The van der Waals surface area contributed by atoms with Crippen molar-refractivity contribution >= 4 is 0 Å². The quantitative estimate of drug-likeness (QED) is 0.742. The van der Waals surface area contributed by atoms with E-state index in [1.807, 2.05) is 0 Å². The number of hydrogen-bond donors (Lipinski definition) is 1. The highest BCUT2D eigenvalue weighted by atomic mass is 19.3. The Morgan fingerprint density at radius 2 is 2.33 bits per heavy atom. The number of aryl methyl sites for hydroxylation is 1. The second kappa shape index (κ2) is 3.18. The van der Waals surface area contributed by atoms with Crippen molar-refractivity contribution in [3.8, 4) is 0 Å². The average Bonchev–Trinajstić information content (AvgIpc) is 2.35. The van der Waals surface area contributed by atoms with Gasteiger partial charge >= 0.3 is 5.92 Å². The van der Waals surface area contributed by atoms with Gasteiger partial charge in [0.2, 0.25) is 0 Å². The van der Waals surface area contributed by atoms with Crippen molar-refractivity contribution in [2.45, 2.75) is 12.3 Å². The topological polar surface area (TPSA) is 38.0 Å². The first-order valence-corrected chi connectivity index (χ1v) is 3.54. The Morgan fingerprint density at radius 1 is 1.67 bits per heavy atom. The van der Waals surface area contributed by atoms with Gasteiger partial charge in [-0.25, -0.2) is 4.98 Å². The molecule has 0 radical (unpaired) electrons. The van der Waals surface area contributed by atoms with Crippen LogP contribution in [0.15, 0.2) is 12.4 Å². The van der Waals surface area contributed by atoms with Gasteiger partial charge in [-0.1, -0.05) is 0 Å². The highest BCUT2D eigenvalue weighted by Crippen LogP contribution is 2.29. The summed E-state index contributed by atoms with van der Waals surface area (Å²) in [5, 5.41) is 8.37. The van der Waals surface area contributed by atoms with E-state index in [4.69, 9.17) is 5.11 Å². The number of aliphatic hydroxyl groups excluding tert-OH is 1. The Morgan fingerprint density at radius 3 is 2.75 bits per heavy atom. The SMILES string of the molecule is Cn1ccnc1C(F)(F)CCO. The molecule has 0 fully saturated rings. The summed E-state index contributed by atoms with van der Waals surface area (Å²) in [6.45, 7) is -0.542. The third-order valence-electron chi connectivity index (χ3n) is 1.57. The fraction of sp³-hybridized carbons (Fsp3) is 0.571. The van der Waals surface area contributed by atoms with Crippen LogP contribution in [-0.4, -0.2) is 21.3 Å². The molecular formula is C7H10F2N2O. The summed E-state index contributed by atoms with van der Waals surface area (Å²) in [4.78, 5) is 3.51. The molecule has 1 heterocycles. The molecule has 1 N–H and O–H groups in total. The lowest BCUT2D eigenvalue weighted by atomic mass is 10.2. The van der Waals surface area contributed by atoms with Gasteiger partial charge in [-0.15, -0.1) is 0 Å². The predicted molar refractivity (Wildman–Crippen MR) is 38.8 cm³/mol. The fourth-order valence-corrected chi connectivity index (χ4v) is 0.970. The van der Waals surface area contributed by atoms with Crippen molar-refractivity contribution in [2.75, 3.05) is 6.61 Å². The van der Waals surface area contributed by atoms with Gasteiger partial charge in [0.05, 0.1) is 0 Å². The molecule has 1 aromatic heterocycles. The molecule has 12 heavy (non-hydrogen) atoms. The standard InChI is InChI=1S/C7H10F2N2O/c1-11-4-3-10-6(11)7(8,9)2-5-12/h3-4,12H,2,5H2,1H3. The molecule has 3 nitrogen and oxygen atoms in total. The van der Waals surface area contributed by atoms with E-state index in [2.05, 4.69) is 4.98 Å². The molecule has 0 bridgehead atoms. The van der Waals surface area contributed by atoms with Crippen LogP contribution in [0.3, 0.4) is 0 Å². The Kier molecular flexibility index (Phi) is 2.42. The van der Waals surface area contributed by atoms with Crippen LogP contribution in [0.4, 0.5) is 8.78 Å². The first-order valence-electron chi connectivity index (χ1n) is 3.54. The van der Waals surface area contributed by atoms with E-state index < -0.39 is 19.0 Å². The van der Waals surface area contributed by atoms with Crippen molar-refractivity contribution in [1.82, 2.24) is 9.55 Å². The minimum Gasteiger partial charge on any atom is -0.396 e. The van der Waals surface area contributed by atoms with Crippen LogP contribution in [-0.2, 0) is 13.0 Å². The van der Waals surface area contributed by atoms with Crippen LogP contribution in [0.25, 0.3) is 0 Å². The molecule has 0 atom stereocenters. The number of imidazole rings is 1. The highest BCUT2D eigenvalue weighted by Gasteiger charge is 2.34. The average molecular weight is 176 g/mol. The Labute approximate surface area is 68.7 Å². The summed E-state index contributed by atoms with van der Waals surface area (Å²) in [6, 6.07) is 0. The molecule has 0 unspecified atom stereocenters. The van der Waals surface area contributed by atoms with Crippen LogP contribution < -0.4 is 0 Å². The Bertz CT molecular complexity index is 260. The molecule has 0 saturated carbocycles. The Hall–Kier alpha value is -0.970. The summed E-state index contributed by atoms with van der Waals surface area (Å²) in [5.74, 6) is -3.34. The number of hydrogen-bond acceptors (Lipinski definition) is 2. The number of rotatable bonds is 3. The van der Waals surface area contributed by atoms with Gasteiger partial charge in [0, 0.05) is 32.5 Å². The van der Waals surface area contributed by atoms with Crippen molar-refractivity contribution in [3.05, 3.63) is 18.2 Å². The van der Waals surface area contributed by atoms with E-state index in [0.29, 0.717) is 0 Å². The molecule has 0 aliphatic rings. The van der Waals surface area contributed by atoms with E-state index >= 15 is 0 Å². The summed E-state index contributed by atoms with van der Waals surface area (Å²) in [7, 11) is 1.49. The molecule has 0 aromatic carbocycles. The monoisotopic (exact) mass is 176 g/mol. The zero-order valence-electron chi connectivity index (χ0n) is 6.67. The fourth-order valence-electron chi connectivity index (χ4n) is 0.970. The number of aliphatic hydroxyl groups is 1. The molecule has 0 spiro atoms. The second-order valence-electron chi connectivity index (χ2n) is 2.54. The highest BCUT2D eigenvalue weighted by molar-refractivity contribution is 4.99. The molecule has 1 rings (SSSR count). The van der Waals surface area contributed by atoms with Crippen molar-refractivity contribution < 1.29 is 13.9 Å². The number of halogens is 2. The van der Waals surface area contributed by atoms with E-state index in [1.54, 1.807) is 0 Å². The molecule has 1 aromatic rings. The lowest BCUT2D eigenvalue weighted by molar-refractivity contribution is -0.0375. The summed E-state index contributed by atoms with van der Waals surface area (Å²) in [6.07, 6.45) is 2.17. The van der Waals surface area contributed by atoms with Crippen LogP contribution in [0, 0.1) is 0 Å². The Balaban J connectivity index is 2.88. The molecule has 0 amide bonds. The van der Waals surface area contributed by atoms with E-state index in [1.165, 1.54) is 24.0 Å². The minimum absolute atomic E-state index is 0.309. The van der Waals surface area contributed by atoms with E-state index in [-0.39, 0.29) is 5.82 Å². The summed E-state index contributed by atoms with van der Waals surface area (Å²) >= 11 is 0. The van der Waals surface area contributed by atoms with Crippen molar-refractivity contribution in [3.63, 3.8) is 0 Å². The van der Waals surface area contributed by atoms with Gasteiger partial charge < -0.3 is 9.67 Å². The zero-order valence-corrected chi connectivity index (χ0v) is 6.67. The van der Waals surface area contributed by atoms with Crippen molar-refractivity contribution in [2.24, 2.45) is 7.05 Å². The third kappa shape index (κ3) is 1.61. The molecule has 5 heteroatoms. The zero-order chi connectivity index (χ0) is 9.19. The van der Waals surface area contributed by atoms with Crippen LogP contribution in [0.2, 0.25) is 0 Å². The maximum atomic E-state index is 13.0. The van der Waals surface area contributed by atoms with Crippen LogP contribution in [0.1, 0.15) is 12.2 Å². The van der Waals surface area contributed by atoms with Gasteiger partial charge in [-0.2, -0.15) is 8.78 Å². The van der Waals surface area contributed by atoms with Crippen LogP contribution in [0.5, 0.6) is 0 Å². The maximum absolute atomic E-state index is 13.0. The molecular weight excluding hydrogens is 166 g/mol. The largest absolute Gasteiger partial charge is 0.396 e. The molecule has 68 valence electrons. The predicted octanol–water partition coefficient (Wildman–Crippen LogP) is 0.894. The second-order valence-corrected chi connectivity index (χ2v) is 2.54. The van der Waals surface area contributed by atoms with Crippen molar-refractivity contribution in [1.29, 1.82) is 0 Å². The number of aromatic nitrogens is 2. The normalized spacial score (nSPS) is 12.0. The summed E-state index contributed by atoms with van der Waals surface area (Å²) in [5.41, 5.74) is 0. The van der Waals surface area contributed by atoms with Gasteiger partial charge in [0.25, 0.3) is 0 Å². The maximum Gasteiger partial charge on any atom is 0.307 e. The van der Waals surface area contributed by atoms with Gasteiger partial charge in [-0.3, -0.25) is 0 Å². The number of nitrogens with zero attached hydrogens (tertiary/aromatic N) is 2. The first-order chi connectivity index (χ1) is 5.58. The first kappa shape index (κ1) is 9.12. The van der Waals surface area contributed by atoms with Crippen LogP contribution >= 0.6 is 0 Å². The van der Waals surface area contributed by atoms with Gasteiger partial charge in [0.1, 0.15) is 0 Å². The van der Waals surface area contributed by atoms with Gasteiger partial charge in [-0.05, 0) is 0 Å². The van der Waals surface area contributed by atoms with E-state index in [0.717, 1.165) is 0 Å². The smallest absolute Gasteiger partial charge is 0.307 e. The lowest BCUT2D eigenvalue weighted by Gasteiger charge is -2.13. The number of alkyl halides is 2. The van der Waals surface area contributed by atoms with Gasteiger partial charge in [0.15, 0.2) is 5.82 Å². The molecule has 0 aliphatic carbocycles. The lowest BCUT2D eigenvalue weighted by Crippen LogP contribution is -2.20. The minimum atomic E-state index is -3.03. The third-order valence-corrected chi connectivity index (χ3v) is 1.57. The summed E-state index contributed by atoms with van der Waals surface area (Å²) < 4.78 is 27.3. The van der Waals surface area contributed by atoms with E-state index in [9.17, 15) is 8.78 Å².